The van der Waals surface area contributed by atoms with Crippen LogP contribution >= 0.6 is 0 Å². The smallest absolute Gasteiger partial charge is 0.175 e. The third-order valence-electron chi connectivity index (χ3n) is 3.69. The number of hydrogen-bond acceptors (Lipinski definition) is 4. The maximum absolute atomic E-state index is 14.0. The van der Waals surface area contributed by atoms with Gasteiger partial charge in [-0.3, -0.25) is 4.90 Å². The Hall–Kier alpha value is -1.82. The fourth-order valence-corrected chi connectivity index (χ4v) is 2.77. The lowest BCUT2D eigenvalue weighted by Crippen LogP contribution is -2.48. The molecule has 0 aromatic heterocycles. The molecule has 21 heavy (non-hydrogen) atoms. The maximum Gasteiger partial charge on any atom is 0.175 e. The second-order valence-corrected chi connectivity index (χ2v) is 5.80. The van der Waals surface area contributed by atoms with Crippen LogP contribution in [0, 0.1) is 11.7 Å². The lowest BCUT2D eigenvalue weighted by molar-refractivity contribution is 0.231. The number of anilines is 1. The Morgan fingerprint density at radius 1 is 1.33 bits per heavy atom. The summed E-state index contributed by atoms with van der Waals surface area (Å²) in [7, 11) is 0. The minimum Gasteiger partial charge on any atom is -0.409 e. The molecule has 0 radical (unpaired) electrons. The summed E-state index contributed by atoms with van der Waals surface area (Å²) in [6, 6.07) is 4.79. The van der Waals surface area contributed by atoms with Crippen molar-refractivity contribution in [3.63, 3.8) is 0 Å². The topological polar surface area (TPSA) is 65.1 Å². The fourth-order valence-electron chi connectivity index (χ4n) is 2.77. The monoisotopic (exact) mass is 294 g/mol. The summed E-state index contributed by atoms with van der Waals surface area (Å²) in [4.78, 5) is 4.50. The molecule has 0 aliphatic carbocycles. The highest BCUT2D eigenvalue weighted by Gasteiger charge is 2.22. The normalized spacial score (nSPS) is 17.5. The molecule has 1 aliphatic heterocycles. The molecule has 5 nitrogen and oxygen atoms in total. The number of rotatable bonds is 4. The van der Waals surface area contributed by atoms with Crippen LogP contribution in [-0.4, -0.2) is 48.7 Å². The van der Waals surface area contributed by atoms with Gasteiger partial charge in [-0.15, -0.1) is 0 Å². The third-order valence-corrected chi connectivity index (χ3v) is 3.69. The van der Waals surface area contributed by atoms with E-state index >= 15 is 0 Å². The van der Waals surface area contributed by atoms with Crippen LogP contribution in [0.1, 0.15) is 19.4 Å². The summed E-state index contributed by atoms with van der Waals surface area (Å²) in [6.07, 6.45) is 0. The zero-order valence-corrected chi connectivity index (χ0v) is 12.6. The van der Waals surface area contributed by atoms with Crippen LogP contribution in [0.15, 0.2) is 23.4 Å². The Morgan fingerprint density at radius 3 is 2.57 bits per heavy atom. The zero-order valence-electron chi connectivity index (χ0n) is 12.6. The van der Waals surface area contributed by atoms with Gasteiger partial charge in [0.1, 0.15) is 5.82 Å². The van der Waals surface area contributed by atoms with Crippen molar-refractivity contribution < 1.29 is 9.60 Å². The van der Waals surface area contributed by atoms with E-state index in [9.17, 15) is 4.39 Å². The third kappa shape index (κ3) is 3.64. The number of benzene rings is 1. The molecule has 1 aliphatic rings. The average molecular weight is 294 g/mol. The van der Waals surface area contributed by atoms with Crippen LogP contribution in [0.4, 0.5) is 10.1 Å². The van der Waals surface area contributed by atoms with E-state index < -0.39 is 5.82 Å². The van der Waals surface area contributed by atoms with Crippen molar-refractivity contribution in [2.24, 2.45) is 16.8 Å². The molecular formula is C15H23FN4O. The molecule has 1 fully saturated rings. The second kappa shape index (κ2) is 6.76. The van der Waals surface area contributed by atoms with Gasteiger partial charge in [0, 0.05) is 32.7 Å². The largest absolute Gasteiger partial charge is 0.409 e. The minimum absolute atomic E-state index is 0.178. The van der Waals surface area contributed by atoms with E-state index in [-0.39, 0.29) is 11.4 Å². The summed E-state index contributed by atoms with van der Waals surface area (Å²) in [5.41, 5.74) is 6.49. The maximum atomic E-state index is 14.0. The molecule has 1 aromatic rings. The molecule has 1 aromatic carbocycles. The van der Waals surface area contributed by atoms with Gasteiger partial charge in [0.2, 0.25) is 0 Å². The van der Waals surface area contributed by atoms with Crippen molar-refractivity contribution in [2.75, 3.05) is 37.6 Å². The Kier molecular flexibility index (Phi) is 5.01. The van der Waals surface area contributed by atoms with Crippen LogP contribution in [0.3, 0.4) is 0 Å². The van der Waals surface area contributed by atoms with Crippen molar-refractivity contribution in [1.82, 2.24) is 4.90 Å². The number of oxime groups is 1. The molecule has 0 unspecified atom stereocenters. The average Bonchev–Trinajstić information content (AvgIpc) is 2.46. The standard InChI is InChI=1S/C15H23FN4O/c1-11(2)10-19-6-8-20(9-7-19)13-5-3-4-12(16)14(13)15(17)18-21/h3-5,11,21H,6-10H2,1-2H3,(H2,17,18). The first-order valence-corrected chi connectivity index (χ1v) is 7.26. The van der Waals surface area contributed by atoms with Crippen molar-refractivity contribution in [3.05, 3.63) is 29.6 Å². The summed E-state index contributed by atoms with van der Waals surface area (Å²) < 4.78 is 14.0. The Balaban J connectivity index is 2.15. The van der Waals surface area contributed by atoms with Crippen molar-refractivity contribution in [3.8, 4) is 0 Å². The highest BCUT2D eigenvalue weighted by molar-refractivity contribution is 6.02. The SMILES string of the molecule is CC(C)CN1CCN(c2cccc(F)c2C(N)=NO)CC1. The number of nitrogens with zero attached hydrogens (tertiary/aromatic N) is 3. The molecule has 1 saturated heterocycles. The van der Waals surface area contributed by atoms with E-state index in [1.165, 1.54) is 6.07 Å². The van der Waals surface area contributed by atoms with Crippen LogP contribution in [0.25, 0.3) is 0 Å². The molecule has 6 heteroatoms. The molecule has 0 saturated carbocycles. The summed E-state index contributed by atoms with van der Waals surface area (Å²) in [5, 5.41) is 11.8. The molecule has 116 valence electrons. The number of nitrogens with two attached hydrogens (primary N) is 1. The van der Waals surface area contributed by atoms with Crippen LogP contribution in [0.2, 0.25) is 0 Å². The molecule has 0 amide bonds. The second-order valence-electron chi connectivity index (χ2n) is 5.80. The lowest BCUT2D eigenvalue weighted by atomic mass is 10.1. The highest BCUT2D eigenvalue weighted by Crippen LogP contribution is 2.24. The van der Waals surface area contributed by atoms with Gasteiger partial charge in [0.15, 0.2) is 5.84 Å². The number of amidine groups is 1. The van der Waals surface area contributed by atoms with Crippen LogP contribution < -0.4 is 10.6 Å². The van der Waals surface area contributed by atoms with E-state index in [1.807, 2.05) is 6.07 Å². The number of hydrogen-bond donors (Lipinski definition) is 2. The van der Waals surface area contributed by atoms with Gasteiger partial charge in [-0.1, -0.05) is 25.1 Å². The van der Waals surface area contributed by atoms with E-state index in [0.29, 0.717) is 11.6 Å². The molecule has 0 bridgehead atoms. The quantitative estimate of drug-likeness (QED) is 0.384. The zero-order chi connectivity index (χ0) is 15.4. The molecule has 2 rings (SSSR count). The predicted octanol–water partition coefficient (Wildman–Crippen LogP) is 1.70. The van der Waals surface area contributed by atoms with E-state index in [4.69, 9.17) is 10.9 Å². The fraction of sp³-hybridized carbons (Fsp3) is 0.533. The van der Waals surface area contributed by atoms with Gasteiger partial charge in [0.25, 0.3) is 0 Å². The highest BCUT2D eigenvalue weighted by atomic mass is 19.1. The first-order valence-electron chi connectivity index (χ1n) is 7.26. The molecule has 0 spiro atoms. The van der Waals surface area contributed by atoms with E-state index in [2.05, 4.69) is 28.8 Å². The molecule has 1 heterocycles. The first-order chi connectivity index (χ1) is 10.0. The van der Waals surface area contributed by atoms with Gasteiger partial charge in [-0.05, 0) is 18.1 Å². The van der Waals surface area contributed by atoms with Gasteiger partial charge < -0.3 is 15.8 Å². The number of halogens is 1. The van der Waals surface area contributed by atoms with Crippen molar-refractivity contribution in [2.45, 2.75) is 13.8 Å². The summed E-state index contributed by atoms with van der Waals surface area (Å²) in [6.45, 7) is 8.97. The minimum atomic E-state index is -0.465. The first kappa shape index (κ1) is 15.6. The molecule has 0 atom stereocenters. The number of piperazine rings is 1. The molecular weight excluding hydrogens is 271 g/mol. The Labute approximate surface area is 124 Å². The Bertz CT molecular complexity index is 510. The lowest BCUT2D eigenvalue weighted by Gasteiger charge is -2.37. The van der Waals surface area contributed by atoms with Gasteiger partial charge in [-0.25, -0.2) is 4.39 Å². The molecule has 3 N–H and O–H groups in total. The van der Waals surface area contributed by atoms with Crippen LogP contribution in [0.5, 0.6) is 0 Å². The van der Waals surface area contributed by atoms with Crippen molar-refractivity contribution in [1.29, 1.82) is 0 Å². The van der Waals surface area contributed by atoms with Gasteiger partial charge in [-0.2, -0.15) is 0 Å². The van der Waals surface area contributed by atoms with Gasteiger partial charge >= 0.3 is 0 Å². The van der Waals surface area contributed by atoms with Gasteiger partial charge in [0.05, 0.1) is 11.3 Å². The van der Waals surface area contributed by atoms with Crippen molar-refractivity contribution >= 4 is 11.5 Å². The van der Waals surface area contributed by atoms with Crippen LogP contribution in [-0.2, 0) is 0 Å². The summed E-state index contributed by atoms with van der Waals surface area (Å²) in [5.74, 6) is -0.0152. The Morgan fingerprint density at radius 2 is 2.00 bits per heavy atom. The predicted molar refractivity (Wildman–Crippen MR) is 82.4 cm³/mol. The van der Waals surface area contributed by atoms with E-state index in [0.717, 1.165) is 32.7 Å². The summed E-state index contributed by atoms with van der Waals surface area (Å²) >= 11 is 0. The van der Waals surface area contributed by atoms with E-state index in [1.54, 1.807) is 6.07 Å².